The third-order valence-corrected chi connectivity index (χ3v) is 6.72. The molecule has 0 aliphatic carbocycles. The van der Waals surface area contributed by atoms with Gasteiger partial charge in [0.15, 0.2) is 0 Å². The molecule has 0 saturated heterocycles. The highest BCUT2D eigenvalue weighted by Crippen LogP contribution is 2.41. The van der Waals surface area contributed by atoms with Crippen molar-refractivity contribution in [3.63, 3.8) is 0 Å². The maximum Gasteiger partial charge on any atom is 0.119 e. The molecule has 0 aliphatic heterocycles. The van der Waals surface area contributed by atoms with E-state index in [9.17, 15) is 0 Å². The van der Waals surface area contributed by atoms with E-state index >= 15 is 0 Å². The molecular formula is C24H18N4S2. The van der Waals surface area contributed by atoms with Crippen LogP contribution in [0.3, 0.4) is 0 Å². The molecule has 2 heterocycles. The van der Waals surface area contributed by atoms with E-state index in [1.165, 1.54) is 9.40 Å². The molecule has 30 heavy (non-hydrogen) atoms. The molecule has 0 fully saturated rings. The SMILES string of the molecule is c1ccc(N=NNN(c2cc3sccc3s2)c2ccccc2-c2ccccc2)cc1. The topological polar surface area (TPSA) is 40.0 Å². The number of hydrazine groups is 1. The Balaban J connectivity index is 1.56. The Morgan fingerprint density at radius 3 is 2.27 bits per heavy atom. The van der Waals surface area contributed by atoms with E-state index < -0.39 is 0 Å². The van der Waals surface area contributed by atoms with Gasteiger partial charge in [0.1, 0.15) is 5.00 Å². The number of nitrogens with zero attached hydrogens (tertiary/aromatic N) is 3. The van der Waals surface area contributed by atoms with Crippen molar-refractivity contribution in [2.24, 2.45) is 10.3 Å². The quantitative estimate of drug-likeness (QED) is 0.221. The Bertz CT molecular complexity index is 1250. The summed E-state index contributed by atoms with van der Waals surface area (Å²) in [6, 6.07) is 32.8. The van der Waals surface area contributed by atoms with E-state index in [-0.39, 0.29) is 0 Å². The summed E-state index contributed by atoms with van der Waals surface area (Å²) < 4.78 is 2.53. The number of rotatable bonds is 6. The van der Waals surface area contributed by atoms with Crippen molar-refractivity contribution < 1.29 is 0 Å². The van der Waals surface area contributed by atoms with Crippen molar-refractivity contribution in [3.8, 4) is 11.1 Å². The second-order valence-corrected chi connectivity index (χ2v) is 8.60. The van der Waals surface area contributed by atoms with Gasteiger partial charge in [-0.2, -0.15) is 5.53 Å². The number of nitrogens with one attached hydrogen (secondary N) is 1. The first-order chi connectivity index (χ1) is 14.9. The zero-order valence-electron chi connectivity index (χ0n) is 16.0. The molecule has 0 bridgehead atoms. The van der Waals surface area contributed by atoms with Crippen molar-refractivity contribution in [1.82, 2.24) is 5.53 Å². The van der Waals surface area contributed by atoms with Gasteiger partial charge in [0.05, 0.1) is 11.4 Å². The van der Waals surface area contributed by atoms with Crippen LogP contribution in [0.15, 0.2) is 113 Å². The number of hydrogen-bond donors (Lipinski definition) is 1. The molecule has 0 amide bonds. The number of thiophene rings is 2. The van der Waals surface area contributed by atoms with Crippen LogP contribution in [0.25, 0.3) is 20.5 Å². The Kier molecular flexibility index (Phi) is 5.25. The van der Waals surface area contributed by atoms with E-state index in [1.54, 1.807) is 22.7 Å². The third kappa shape index (κ3) is 3.83. The summed E-state index contributed by atoms with van der Waals surface area (Å²) in [5.41, 5.74) is 7.26. The Labute approximate surface area is 182 Å². The molecule has 2 aromatic heterocycles. The van der Waals surface area contributed by atoms with Gasteiger partial charge in [0.2, 0.25) is 0 Å². The molecule has 3 aromatic carbocycles. The van der Waals surface area contributed by atoms with Crippen molar-refractivity contribution in [2.45, 2.75) is 0 Å². The zero-order valence-corrected chi connectivity index (χ0v) is 17.6. The molecule has 0 aliphatic rings. The van der Waals surface area contributed by atoms with Gasteiger partial charge in [-0.25, -0.2) is 5.01 Å². The minimum Gasteiger partial charge on any atom is -0.228 e. The van der Waals surface area contributed by atoms with E-state index in [2.05, 4.69) is 75.8 Å². The average molecular weight is 427 g/mol. The second-order valence-electron chi connectivity index (χ2n) is 6.59. The molecule has 1 N–H and O–H groups in total. The monoisotopic (exact) mass is 426 g/mol. The number of anilines is 2. The van der Waals surface area contributed by atoms with Crippen molar-refractivity contribution >= 4 is 48.4 Å². The molecule has 4 nitrogen and oxygen atoms in total. The summed E-state index contributed by atoms with van der Waals surface area (Å²) >= 11 is 3.47. The lowest BCUT2D eigenvalue weighted by atomic mass is 10.0. The lowest BCUT2D eigenvalue weighted by Crippen LogP contribution is -2.28. The van der Waals surface area contributed by atoms with Crippen LogP contribution in [0.2, 0.25) is 0 Å². The molecule has 0 radical (unpaired) electrons. The molecule has 5 rings (SSSR count). The van der Waals surface area contributed by atoms with Crippen molar-refractivity contribution in [3.05, 3.63) is 102 Å². The Morgan fingerprint density at radius 2 is 1.47 bits per heavy atom. The molecule has 0 saturated carbocycles. The fourth-order valence-electron chi connectivity index (χ4n) is 3.24. The summed E-state index contributed by atoms with van der Waals surface area (Å²) in [7, 11) is 0. The predicted octanol–water partition coefficient (Wildman–Crippen LogP) is 7.97. The first kappa shape index (κ1) is 18.5. The van der Waals surface area contributed by atoms with E-state index in [4.69, 9.17) is 0 Å². The summed E-state index contributed by atoms with van der Waals surface area (Å²) in [5, 5.41) is 13.8. The number of para-hydroxylation sites is 1. The van der Waals surface area contributed by atoms with E-state index in [0.717, 1.165) is 27.5 Å². The van der Waals surface area contributed by atoms with Gasteiger partial charge in [-0.05, 0) is 41.3 Å². The van der Waals surface area contributed by atoms with Crippen LogP contribution >= 0.6 is 22.7 Å². The fourth-order valence-corrected chi connectivity index (χ4v) is 5.31. The highest BCUT2D eigenvalue weighted by Gasteiger charge is 2.17. The maximum atomic E-state index is 4.32. The van der Waals surface area contributed by atoms with Crippen molar-refractivity contribution in [2.75, 3.05) is 5.01 Å². The minimum atomic E-state index is 0.799. The summed E-state index contributed by atoms with van der Waals surface area (Å²) in [6.45, 7) is 0. The predicted molar refractivity (Wildman–Crippen MR) is 128 cm³/mol. The van der Waals surface area contributed by atoms with Gasteiger partial charge in [-0.1, -0.05) is 72.0 Å². The number of hydrogen-bond acceptors (Lipinski definition) is 5. The van der Waals surface area contributed by atoms with E-state index in [1.807, 2.05) is 47.5 Å². The van der Waals surface area contributed by atoms with Crippen LogP contribution < -0.4 is 10.5 Å². The van der Waals surface area contributed by atoms with Crippen LogP contribution in [-0.4, -0.2) is 0 Å². The van der Waals surface area contributed by atoms with Gasteiger partial charge in [-0.3, -0.25) is 0 Å². The smallest absolute Gasteiger partial charge is 0.119 e. The Hall–Kier alpha value is -3.48. The molecule has 0 spiro atoms. The normalized spacial score (nSPS) is 11.2. The van der Waals surface area contributed by atoms with Gasteiger partial charge in [0, 0.05) is 15.0 Å². The fraction of sp³-hybridized carbons (Fsp3) is 0. The first-order valence-electron chi connectivity index (χ1n) is 9.51. The lowest BCUT2D eigenvalue weighted by Gasteiger charge is -2.24. The Morgan fingerprint density at radius 1 is 0.733 bits per heavy atom. The van der Waals surface area contributed by atoms with E-state index in [0.29, 0.717) is 0 Å². The second kappa shape index (κ2) is 8.49. The molecular weight excluding hydrogens is 408 g/mol. The maximum absolute atomic E-state index is 4.32. The third-order valence-electron chi connectivity index (χ3n) is 4.64. The molecule has 0 unspecified atom stereocenters. The van der Waals surface area contributed by atoms with Gasteiger partial charge in [-0.15, -0.1) is 27.8 Å². The number of fused-ring (bicyclic) bond motifs is 1. The molecule has 146 valence electrons. The standard InChI is InChI=1S/C24H18N4S2/c1-3-9-18(10-4-1)20-13-7-8-14-21(20)28(24-17-23-22(30-24)15-16-29-23)27-26-25-19-11-5-2-6-12-19/h1-17H,(H,25,27). The molecule has 6 heteroatoms. The highest BCUT2D eigenvalue weighted by atomic mass is 32.1. The van der Waals surface area contributed by atoms with Crippen LogP contribution in [0.4, 0.5) is 16.4 Å². The van der Waals surface area contributed by atoms with Gasteiger partial charge >= 0.3 is 0 Å². The highest BCUT2D eigenvalue weighted by molar-refractivity contribution is 7.29. The van der Waals surface area contributed by atoms with Crippen LogP contribution in [0, 0.1) is 0 Å². The zero-order chi connectivity index (χ0) is 20.2. The number of benzene rings is 3. The lowest BCUT2D eigenvalue weighted by molar-refractivity contribution is 0.718. The van der Waals surface area contributed by atoms with Gasteiger partial charge < -0.3 is 0 Å². The summed E-state index contributed by atoms with van der Waals surface area (Å²) in [5.74, 6) is 0. The summed E-state index contributed by atoms with van der Waals surface area (Å²) in [6.07, 6.45) is 0. The van der Waals surface area contributed by atoms with Crippen LogP contribution in [-0.2, 0) is 0 Å². The first-order valence-corrected chi connectivity index (χ1v) is 11.2. The van der Waals surface area contributed by atoms with Crippen LogP contribution in [0.1, 0.15) is 0 Å². The van der Waals surface area contributed by atoms with Crippen molar-refractivity contribution in [1.29, 1.82) is 0 Å². The van der Waals surface area contributed by atoms with Gasteiger partial charge in [0.25, 0.3) is 0 Å². The largest absolute Gasteiger partial charge is 0.228 e. The molecule has 0 atom stereocenters. The minimum absolute atomic E-state index is 0.799. The summed E-state index contributed by atoms with van der Waals surface area (Å²) in [4.78, 5) is 0. The molecule has 5 aromatic rings. The van der Waals surface area contributed by atoms with Crippen LogP contribution in [0.5, 0.6) is 0 Å². The average Bonchev–Trinajstić information content (AvgIpc) is 3.41.